The van der Waals surface area contributed by atoms with Gasteiger partial charge in [-0.25, -0.2) is 4.79 Å². The molecule has 0 aliphatic heterocycles. The van der Waals surface area contributed by atoms with Gasteiger partial charge in [-0.15, -0.1) is 11.8 Å². The van der Waals surface area contributed by atoms with Crippen LogP contribution >= 0.6 is 11.8 Å². The van der Waals surface area contributed by atoms with E-state index in [1.54, 1.807) is 6.26 Å². The molecule has 0 spiro atoms. The smallest absolute Gasteiger partial charge is 0.339 e. The van der Waals surface area contributed by atoms with Gasteiger partial charge >= 0.3 is 18.0 Å². The van der Waals surface area contributed by atoms with Crippen LogP contribution in [0.1, 0.15) is 0 Å². The van der Waals surface area contributed by atoms with Gasteiger partial charge in [-0.05, 0) is 6.26 Å². The Hall–Kier alpha value is -1.57. The number of hydrogen-bond donors (Lipinski definition) is 1. The van der Waals surface area contributed by atoms with E-state index in [2.05, 4.69) is 14.5 Å². The molecule has 0 saturated carbocycles. The van der Waals surface area contributed by atoms with Crippen molar-refractivity contribution < 1.29 is 23.9 Å². The van der Waals surface area contributed by atoms with Crippen molar-refractivity contribution in [3.8, 4) is 0 Å². The highest BCUT2D eigenvalue weighted by Crippen LogP contribution is 2.14. The minimum Gasteiger partial charge on any atom is -0.468 e. The van der Waals surface area contributed by atoms with Gasteiger partial charge in [0.05, 0.1) is 14.2 Å². The summed E-state index contributed by atoms with van der Waals surface area (Å²) in [4.78, 5) is 36.6. The predicted octanol–water partition coefficient (Wildman–Crippen LogP) is -0.211. The van der Waals surface area contributed by atoms with Gasteiger partial charge in [-0.1, -0.05) is 0 Å². The van der Waals surface area contributed by atoms with Crippen LogP contribution in [0.25, 0.3) is 0 Å². The van der Waals surface area contributed by atoms with Crippen LogP contribution in [0.3, 0.4) is 0 Å². The molecule has 90 valence electrons. The van der Waals surface area contributed by atoms with E-state index in [1.165, 1.54) is 0 Å². The summed E-state index contributed by atoms with van der Waals surface area (Å²) >= 11 is 0.941. The lowest BCUT2D eigenvalue weighted by atomic mass is 10.2. The molecule has 8 heteroatoms. The second-order valence-electron chi connectivity index (χ2n) is 2.47. The number of carbonyl (C=O) groups is 3. The van der Waals surface area contributed by atoms with E-state index in [4.69, 9.17) is 5.73 Å². The summed E-state index contributed by atoms with van der Waals surface area (Å²) in [5.74, 6) is -3.10. The largest absolute Gasteiger partial charge is 0.468 e. The first-order valence-corrected chi connectivity index (χ1v) is 5.28. The number of aliphatic imine (C=N–C) groups is 1. The Morgan fingerprint density at radius 1 is 1.19 bits per heavy atom. The van der Waals surface area contributed by atoms with Gasteiger partial charge in [0, 0.05) is 0 Å². The van der Waals surface area contributed by atoms with Gasteiger partial charge in [0.25, 0.3) is 0 Å². The van der Waals surface area contributed by atoms with Crippen LogP contribution in [0, 0.1) is 5.92 Å². The zero-order valence-corrected chi connectivity index (χ0v) is 9.87. The molecule has 0 fully saturated rings. The van der Waals surface area contributed by atoms with Crippen molar-refractivity contribution in [1.29, 1.82) is 0 Å². The van der Waals surface area contributed by atoms with Gasteiger partial charge < -0.3 is 15.2 Å². The second-order valence-corrected chi connectivity index (χ2v) is 3.30. The Kier molecular flexibility index (Phi) is 6.16. The molecule has 2 N–H and O–H groups in total. The van der Waals surface area contributed by atoms with Gasteiger partial charge in [-0.3, -0.25) is 9.59 Å². The monoisotopic (exact) mass is 248 g/mol. The lowest BCUT2D eigenvalue weighted by Gasteiger charge is -2.12. The molecule has 16 heavy (non-hydrogen) atoms. The first kappa shape index (κ1) is 14.4. The number of primary amides is 1. The number of nitrogens with zero attached hydrogens (tertiary/aromatic N) is 1. The molecule has 0 aromatic heterocycles. The summed E-state index contributed by atoms with van der Waals surface area (Å²) in [6.07, 6.45) is 1.54. The summed E-state index contributed by atoms with van der Waals surface area (Å²) in [7, 11) is 2.22. The number of rotatable bonds is 3. The number of thioether (sulfide) groups is 1. The molecule has 0 atom stereocenters. The van der Waals surface area contributed by atoms with Crippen LogP contribution in [0.4, 0.5) is 4.79 Å². The lowest BCUT2D eigenvalue weighted by molar-refractivity contribution is -0.154. The van der Waals surface area contributed by atoms with Crippen LogP contribution in [0.15, 0.2) is 4.99 Å². The molecule has 0 aromatic carbocycles. The molecule has 0 saturated heterocycles. The highest BCUT2D eigenvalue weighted by atomic mass is 32.2. The Labute approximate surface area is 96.4 Å². The fourth-order valence-corrected chi connectivity index (χ4v) is 1.48. The van der Waals surface area contributed by atoms with Crippen molar-refractivity contribution >= 4 is 34.8 Å². The maximum Gasteiger partial charge on any atom is 0.339 e. The maximum atomic E-state index is 11.3. The van der Waals surface area contributed by atoms with Gasteiger partial charge in [-0.2, -0.15) is 4.99 Å². The average Bonchev–Trinajstić information content (AvgIpc) is 2.26. The molecule has 0 radical (unpaired) electrons. The molecule has 0 aromatic rings. The fourth-order valence-electron chi connectivity index (χ4n) is 0.870. The van der Waals surface area contributed by atoms with E-state index in [1.807, 2.05) is 0 Å². The van der Waals surface area contributed by atoms with Crippen LogP contribution in [0.2, 0.25) is 0 Å². The molecule has 0 aliphatic rings. The summed E-state index contributed by atoms with van der Waals surface area (Å²) in [5.41, 5.74) is 4.85. The zero-order valence-electron chi connectivity index (χ0n) is 9.05. The van der Waals surface area contributed by atoms with Crippen molar-refractivity contribution in [2.45, 2.75) is 0 Å². The van der Waals surface area contributed by atoms with Crippen LogP contribution < -0.4 is 5.73 Å². The molecule has 0 unspecified atom stereocenters. The number of esters is 2. The number of hydrogen-bond acceptors (Lipinski definition) is 6. The second kappa shape index (κ2) is 6.83. The molecule has 7 nitrogen and oxygen atoms in total. The minimum absolute atomic E-state index is 0.0637. The molecular formula is C8H12N2O5S. The van der Waals surface area contributed by atoms with Crippen LogP contribution in [0.5, 0.6) is 0 Å². The molecule has 2 amide bonds. The van der Waals surface area contributed by atoms with Crippen LogP contribution in [-0.4, -0.2) is 43.5 Å². The van der Waals surface area contributed by atoms with Crippen molar-refractivity contribution in [2.24, 2.45) is 16.6 Å². The molecule has 0 aliphatic carbocycles. The summed E-state index contributed by atoms with van der Waals surface area (Å²) in [5, 5.41) is -0.0637. The Balaban J connectivity index is 5.22. The van der Waals surface area contributed by atoms with Crippen molar-refractivity contribution in [1.82, 2.24) is 0 Å². The van der Waals surface area contributed by atoms with Crippen molar-refractivity contribution in [3.05, 3.63) is 0 Å². The zero-order chi connectivity index (χ0) is 12.7. The minimum atomic E-state index is -1.38. The standard InChI is InChI=1S/C8H12N2O5S/c1-14-6(11)4(7(12)15-2)5(16-3)10-8(9)13/h4H,1-3H3,(H2,9,13). The number of urea groups is 1. The molecule has 0 rings (SSSR count). The van der Waals surface area contributed by atoms with E-state index < -0.39 is 23.9 Å². The third-order valence-electron chi connectivity index (χ3n) is 1.55. The quantitative estimate of drug-likeness (QED) is 0.320. The van der Waals surface area contributed by atoms with Gasteiger partial charge in [0.15, 0.2) is 0 Å². The highest BCUT2D eigenvalue weighted by Gasteiger charge is 2.34. The molecule has 0 bridgehead atoms. The van der Waals surface area contributed by atoms with E-state index in [-0.39, 0.29) is 5.04 Å². The fraction of sp³-hybridized carbons (Fsp3) is 0.500. The average molecular weight is 248 g/mol. The first-order chi connectivity index (χ1) is 7.47. The number of carbonyl (C=O) groups excluding carboxylic acids is 3. The van der Waals surface area contributed by atoms with Gasteiger partial charge in [0.1, 0.15) is 5.04 Å². The summed E-state index contributed by atoms with van der Waals surface area (Å²) < 4.78 is 8.83. The summed E-state index contributed by atoms with van der Waals surface area (Å²) in [6.45, 7) is 0. The number of ether oxygens (including phenoxy) is 2. The third kappa shape index (κ3) is 3.89. The lowest BCUT2D eigenvalue weighted by Crippen LogP contribution is -2.33. The predicted molar refractivity (Wildman–Crippen MR) is 58.1 cm³/mol. The topological polar surface area (TPSA) is 108 Å². The van der Waals surface area contributed by atoms with E-state index in [9.17, 15) is 14.4 Å². The number of nitrogens with two attached hydrogens (primary N) is 1. The number of methoxy groups -OCH3 is 2. The van der Waals surface area contributed by atoms with Crippen molar-refractivity contribution in [2.75, 3.05) is 20.5 Å². The van der Waals surface area contributed by atoms with E-state index in [0.29, 0.717) is 0 Å². The Bertz CT molecular complexity index is 312. The van der Waals surface area contributed by atoms with E-state index >= 15 is 0 Å². The molecule has 0 heterocycles. The maximum absolute atomic E-state index is 11.3. The molecular weight excluding hydrogens is 236 g/mol. The van der Waals surface area contributed by atoms with E-state index in [0.717, 1.165) is 26.0 Å². The van der Waals surface area contributed by atoms with Crippen LogP contribution in [-0.2, 0) is 19.1 Å². The van der Waals surface area contributed by atoms with Gasteiger partial charge in [0.2, 0.25) is 5.92 Å². The first-order valence-electron chi connectivity index (χ1n) is 4.05. The normalized spacial score (nSPS) is 11.1. The SMILES string of the molecule is COC(=O)C(C(=O)OC)C(=NC(N)=O)SC. The highest BCUT2D eigenvalue weighted by molar-refractivity contribution is 8.13. The Morgan fingerprint density at radius 3 is 1.88 bits per heavy atom. The van der Waals surface area contributed by atoms with Crippen molar-refractivity contribution in [3.63, 3.8) is 0 Å². The Morgan fingerprint density at radius 2 is 1.62 bits per heavy atom. The summed E-state index contributed by atoms with van der Waals surface area (Å²) in [6, 6.07) is -0.998. The number of amides is 2. The third-order valence-corrected chi connectivity index (χ3v) is 2.30.